The van der Waals surface area contributed by atoms with E-state index in [1.165, 1.54) is 24.5 Å². The van der Waals surface area contributed by atoms with Gasteiger partial charge in [-0.15, -0.1) is 0 Å². The number of pyridine rings is 1. The van der Waals surface area contributed by atoms with Gasteiger partial charge in [0.25, 0.3) is 0 Å². The van der Waals surface area contributed by atoms with Crippen LogP contribution in [0, 0.1) is 6.57 Å². The number of aromatic nitrogens is 1. The van der Waals surface area contributed by atoms with Crippen LogP contribution < -0.4 is 4.74 Å². The normalized spacial score (nSPS) is 12.5. The van der Waals surface area contributed by atoms with Crippen molar-refractivity contribution in [3.8, 4) is 11.5 Å². The van der Waals surface area contributed by atoms with E-state index in [2.05, 4.69) is 9.83 Å². The van der Waals surface area contributed by atoms with Gasteiger partial charge in [-0.3, -0.25) is 4.98 Å². The van der Waals surface area contributed by atoms with E-state index >= 15 is 0 Å². The summed E-state index contributed by atoms with van der Waals surface area (Å²) in [6.07, 6.45) is -1.15. The first-order chi connectivity index (χ1) is 11.3. The molecule has 4 nitrogen and oxygen atoms in total. The molecular formula is C17H15F3N2O2. The van der Waals surface area contributed by atoms with Crippen LogP contribution in [0.25, 0.3) is 4.85 Å². The fraction of sp³-hybridized carbons (Fsp3) is 0.294. The number of alkyl halides is 3. The highest BCUT2D eigenvalue weighted by molar-refractivity contribution is 5.56. The third kappa shape index (κ3) is 4.16. The van der Waals surface area contributed by atoms with Crippen LogP contribution in [-0.2, 0) is 6.18 Å². The van der Waals surface area contributed by atoms with Gasteiger partial charge in [0.05, 0.1) is 18.3 Å². The monoisotopic (exact) mass is 336 g/mol. The van der Waals surface area contributed by atoms with Crippen LogP contribution in [0.2, 0.25) is 0 Å². The van der Waals surface area contributed by atoms with Crippen LogP contribution in [0.4, 0.5) is 18.9 Å². The number of aromatic hydroxyl groups is 1. The third-order valence-electron chi connectivity index (χ3n) is 3.34. The van der Waals surface area contributed by atoms with Crippen molar-refractivity contribution in [1.82, 2.24) is 4.98 Å². The van der Waals surface area contributed by atoms with E-state index in [-0.39, 0.29) is 11.5 Å². The quantitative estimate of drug-likeness (QED) is 0.756. The molecule has 1 aromatic heterocycles. The molecule has 0 amide bonds. The molecule has 1 N–H and O–H groups in total. The molecule has 0 saturated carbocycles. The average molecular weight is 336 g/mol. The lowest BCUT2D eigenvalue weighted by Gasteiger charge is -2.20. The molecule has 0 fully saturated rings. The molecule has 1 atom stereocenters. The first-order valence-electron chi connectivity index (χ1n) is 7.24. The van der Waals surface area contributed by atoms with Crippen molar-refractivity contribution in [1.29, 1.82) is 0 Å². The highest BCUT2D eigenvalue weighted by Gasteiger charge is 2.34. The second kappa shape index (κ2) is 7.21. The molecule has 7 heteroatoms. The second-order valence-electron chi connectivity index (χ2n) is 5.16. The first kappa shape index (κ1) is 17.6. The zero-order valence-corrected chi connectivity index (χ0v) is 12.8. The van der Waals surface area contributed by atoms with Gasteiger partial charge in [0.1, 0.15) is 17.6 Å². The van der Waals surface area contributed by atoms with Crippen molar-refractivity contribution in [2.24, 2.45) is 0 Å². The topological polar surface area (TPSA) is 46.7 Å². The van der Waals surface area contributed by atoms with E-state index in [4.69, 9.17) is 11.3 Å². The molecule has 0 radical (unpaired) electrons. The van der Waals surface area contributed by atoms with Crippen molar-refractivity contribution in [2.45, 2.75) is 32.0 Å². The number of rotatable bonds is 5. The number of nitrogens with zero attached hydrogens (tertiary/aromatic N) is 2. The number of halogens is 3. The van der Waals surface area contributed by atoms with Crippen LogP contribution in [0.3, 0.4) is 0 Å². The summed E-state index contributed by atoms with van der Waals surface area (Å²) in [7, 11) is 0. The minimum absolute atomic E-state index is 0.0107. The van der Waals surface area contributed by atoms with E-state index in [1.807, 2.05) is 6.92 Å². The van der Waals surface area contributed by atoms with E-state index in [0.717, 1.165) is 18.6 Å². The highest BCUT2D eigenvalue weighted by Crippen LogP contribution is 2.39. The summed E-state index contributed by atoms with van der Waals surface area (Å²) in [5.74, 6) is -0.0342. The second-order valence-corrected chi connectivity index (χ2v) is 5.16. The standard InChI is InChI=1S/C17H15F3N2O2/c1-3-4-16(11-7-12(23)10-22-9-11)24-13-5-6-15(21-2)14(8-13)17(18,19)20/h5-10,16,23H,3-4H2,1H3. The SMILES string of the molecule is [C-]#[N+]c1ccc(OC(CCC)c2cncc(O)c2)cc1C(F)(F)F. The average Bonchev–Trinajstić information content (AvgIpc) is 2.53. The largest absolute Gasteiger partial charge is 0.506 e. The van der Waals surface area contributed by atoms with Gasteiger partial charge >= 0.3 is 6.18 Å². The van der Waals surface area contributed by atoms with Crippen LogP contribution in [0.5, 0.6) is 11.5 Å². The Morgan fingerprint density at radius 3 is 2.62 bits per heavy atom. The molecule has 0 aliphatic heterocycles. The summed E-state index contributed by atoms with van der Waals surface area (Å²) < 4.78 is 44.8. The molecule has 0 saturated heterocycles. The summed E-state index contributed by atoms with van der Waals surface area (Å²) in [5.41, 5.74) is -0.931. The van der Waals surface area contributed by atoms with E-state index in [9.17, 15) is 18.3 Å². The number of hydrogen-bond donors (Lipinski definition) is 1. The van der Waals surface area contributed by atoms with E-state index in [1.54, 1.807) is 0 Å². The Kier molecular flexibility index (Phi) is 5.29. The Morgan fingerprint density at radius 1 is 1.29 bits per heavy atom. The molecule has 2 aromatic rings. The van der Waals surface area contributed by atoms with Crippen molar-refractivity contribution in [2.75, 3.05) is 0 Å². The Balaban J connectivity index is 2.35. The summed E-state index contributed by atoms with van der Waals surface area (Å²) in [5, 5.41) is 9.52. The van der Waals surface area contributed by atoms with Crippen LogP contribution >= 0.6 is 0 Å². The smallest absolute Gasteiger partial charge is 0.407 e. The van der Waals surface area contributed by atoms with E-state index in [0.29, 0.717) is 12.0 Å². The van der Waals surface area contributed by atoms with Crippen LogP contribution in [0.1, 0.15) is 37.0 Å². The molecule has 0 aliphatic carbocycles. The summed E-state index contributed by atoms with van der Waals surface area (Å²) >= 11 is 0. The Labute approximate surface area is 137 Å². The highest BCUT2D eigenvalue weighted by atomic mass is 19.4. The molecule has 126 valence electrons. The van der Waals surface area contributed by atoms with Gasteiger partial charge in [0, 0.05) is 11.8 Å². The van der Waals surface area contributed by atoms with Gasteiger partial charge in [0.15, 0.2) is 5.69 Å². The lowest BCUT2D eigenvalue weighted by molar-refractivity contribution is -0.137. The number of hydrogen-bond acceptors (Lipinski definition) is 3. The predicted molar refractivity (Wildman–Crippen MR) is 81.9 cm³/mol. The van der Waals surface area contributed by atoms with E-state index < -0.39 is 23.5 Å². The van der Waals surface area contributed by atoms with Gasteiger partial charge in [-0.1, -0.05) is 19.4 Å². The minimum Gasteiger partial charge on any atom is -0.506 e. The molecule has 1 unspecified atom stereocenters. The van der Waals surface area contributed by atoms with Gasteiger partial charge in [-0.25, -0.2) is 4.85 Å². The molecule has 0 bridgehead atoms. The molecular weight excluding hydrogens is 321 g/mol. The van der Waals surface area contributed by atoms with Gasteiger partial charge in [-0.05, 0) is 24.6 Å². The lowest BCUT2D eigenvalue weighted by atomic mass is 10.1. The zero-order valence-electron chi connectivity index (χ0n) is 12.8. The molecule has 0 spiro atoms. The Bertz CT molecular complexity index is 754. The Hall–Kier alpha value is -2.75. The van der Waals surface area contributed by atoms with Crippen molar-refractivity contribution in [3.05, 3.63) is 59.2 Å². The maximum absolute atomic E-state index is 13.0. The maximum Gasteiger partial charge on any atom is 0.407 e. The number of ether oxygens (including phenoxy) is 1. The van der Waals surface area contributed by atoms with Gasteiger partial charge < -0.3 is 9.84 Å². The maximum atomic E-state index is 13.0. The van der Waals surface area contributed by atoms with Crippen molar-refractivity contribution < 1.29 is 23.0 Å². The Morgan fingerprint density at radius 2 is 2.04 bits per heavy atom. The summed E-state index contributed by atoms with van der Waals surface area (Å²) in [4.78, 5) is 6.76. The fourth-order valence-corrected chi connectivity index (χ4v) is 2.25. The lowest BCUT2D eigenvalue weighted by Crippen LogP contribution is -2.10. The molecule has 24 heavy (non-hydrogen) atoms. The van der Waals surface area contributed by atoms with Gasteiger partial charge in [0.2, 0.25) is 0 Å². The molecule has 2 rings (SSSR count). The first-order valence-corrected chi connectivity index (χ1v) is 7.24. The van der Waals surface area contributed by atoms with Crippen LogP contribution in [0.15, 0.2) is 36.7 Å². The molecule has 1 aromatic carbocycles. The third-order valence-corrected chi connectivity index (χ3v) is 3.34. The van der Waals surface area contributed by atoms with Gasteiger partial charge in [-0.2, -0.15) is 13.2 Å². The number of benzene rings is 1. The van der Waals surface area contributed by atoms with Crippen molar-refractivity contribution in [3.63, 3.8) is 0 Å². The molecule has 0 aliphatic rings. The molecule has 1 heterocycles. The summed E-state index contributed by atoms with van der Waals surface area (Å²) in [6, 6.07) is 4.72. The predicted octanol–water partition coefficient (Wildman–Crippen LogP) is 5.28. The van der Waals surface area contributed by atoms with Crippen molar-refractivity contribution >= 4 is 5.69 Å². The minimum atomic E-state index is -4.63. The summed E-state index contributed by atoms with van der Waals surface area (Å²) in [6.45, 7) is 8.76. The fourth-order valence-electron chi connectivity index (χ4n) is 2.25. The zero-order chi connectivity index (χ0) is 17.7. The van der Waals surface area contributed by atoms with Crippen LogP contribution in [-0.4, -0.2) is 10.1 Å².